The number of nitrogens with zero attached hydrogens (tertiary/aromatic N) is 4. The van der Waals surface area contributed by atoms with Crippen LogP contribution in [0.2, 0.25) is 0 Å². The molecule has 0 radical (unpaired) electrons. The molecule has 0 spiro atoms. The second-order valence-corrected chi connectivity index (χ2v) is 10.3. The third-order valence-electron chi connectivity index (χ3n) is 6.52. The molecule has 2 heterocycles. The molecule has 10 nitrogen and oxygen atoms in total. The Morgan fingerprint density at radius 1 is 1.17 bits per heavy atom. The minimum absolute atomic E-state index is 0.108. The zero-order valence-corrected chi connectivity index (χ0v) is 24.7. The third kappa shape index (κ3) is 7.65. The fraction of sp³-hybridized carbons (Fsp3) is 0.400. The van der Waals surface area contributed by atoms with E-state index in [1.165, 1.54) is 12.1 Å². The number of hydrogen-bond acceptors (Lipinski definition) is 8. The smallest absolute Gasteiger partial charge is 0.344 e. The number of esters is 1. The van der Waals surface area contributed by atoms with E-state index in [2.05, 4.69) is 9.55 Å². The van der Waals surface area contributed by atoms with E-state index in [4.69, 9.17) is 36.5 Å². The van der Waals surface area contributed by atoms with E-state index in [1.807, 2.05) is 24.3 Å². The molecule has 1 amide bonds. The number of benzene rings is 2. The van der Waals surface area contributed by atoms with Gasteiger partial charge >= 0.3 is 5.97 Å². The summed E-state index contributed by atoms with van der Waals surface area (Å²) in [5.41, 5.74) is 9.05. The number of rotatable bonds is 14. The largest absolute Gasteiger partial charge is 0.482 e. The number of fused-ring (bicyclic) bond motifs is 3. The third-order valence-corrected chi connectivity index (χ3v) is 6.75. The van der Waals surface area contributed by atoms with E-state index in [9.17, 15) is 14.0 Å². The molecule has 0 saturated heterocycles. The summed E-state index contributed by atoms with van der Waals surface area (Å²) < 4.78 is 32.3. The molecule has 0 aliphatic rings. The molecule has 2 aromatic carbocycles. The summed E-state index contributed by atoms with van der Waals surface area (Å²) in [4.78, 5) is 35.5. The Morgan fingerprint density at radius 3 is 2.69 bits per heavy atom. The van der Waals surface area contributed by atoms with Crippen molar-refractivity contribution >= 4 is 51.2 Å². The van der Waals surface area contributed by atoms with Gasteiger partial charge in [0.15, 0.2) is 12.4 Å². The number of anilines is 1. The Morgan fingerprint density at radius 2 is 1.95 bits per heavy atom. The van der Waals surface area contributed by atoms with E-state index >= 15 is 0 Å². The van der Waals surface area contributed by atoms with Gasteiger partial charge in [-0.2, -0.15) is 0 Å². The average molecular weight is 600 g/mol. The number of aromatic nitrogens is 3. The first-order chi connectivity index (χ1) is 20.2. The first-order valence-corrected chi connectivity index (χ1v) is 14.2. The lowest BCUT2D eigenvalue weighted by molar-refractivity contribution is -0.149. The minimum Gasteiger partial charge on any atom is -0.482 e. The number of hydrogen-bond donors (Lipinski definition) is 1. The molecule has 2 aromatic heterocycles. The van der Waals surface area contributed by atoms with Crippen molar-refractivity contribution in [3.63, 3.8) is 0 Å². The fourth-order valence-electron chi connectivity index (χ4n) is 4.78. The van der Waals surface area contributed by atoms with Crippen LogP contribution in [0.25, 0.3) is 21.9 Å². The summed E-state index contributed by atoms with van der Waals surface area (Å²) in [6, 6.07) is 11.8. The summed E-state index contributed by atoms with van der Waals surface area (Å²) in [5.74, 6) is -0.315. The Balaban J connectivity index is 1.53. The van der Waals surface area contributed by atoms with Gasteiger partial charge in [-0.25, -0.2) is 19.2 Å². The topological polar surface area (TPSA) is 122 Å². The number of imidazole rings is 1. The second-order valence-electron chi connectivity index (χ2n) is 10.1. The van der Waals surface area contributed by atoms with E-state index < -0.39 is 11.8 Å². The lowest BCUT2D eigenvalue weighted by Crippen LogP contribution is -2.33. The van der Waals surface area contributed by atoms with Crippen molar-refractivity contribution in [1.29, 1.82) is 0 Å². The minimum atomic E-state index is -0.558. The quantitative estimate of drug-likeness (QED) is 0.166. The van der Waals surface area contributed by atoms with Gasteiger partial charge in [-0.3, -0.25) is 4.79 Å². The van der Waals surface area contributed by atoms with Crippen LogP contribution in [0.3, 0.4) is 0 Å². The van der Waals surface area contributed by atoms with Gasteiger partial charge in [-0.15, -0.1) is 11.6 Å². The van der Waals surface area contributed by atoms with E-state index in [-0.39, 0.29) is 36.8 Å². The summed E-state index contributed by atoms with van der Waals surface area (Å²) >= 11 is 5.93. The lowest BCUT2D eigenvalue weighted by Gasteiger charge is -2.23. The number of para-hydroxylation sites is 1. The highest BCUT2D eigenvalue weighted by Gasteiger charge is 2.19. The maximum atomic E-state index is 14.4. The molecule has 4 aromatic rings. The Labute approximate surface area is 248 Å². The van der Waals surface area contributed by atoms with Gasteiger partial charge in [0, 0.05) is 44.6 Å². The van der Waals surface area contributed by atoms with E-state index in [0.717, 1.165) is 22.2 Å². The summed E-state index contributed by atoms with van der Waals surface area (Å²) in [6.45, 7) is 4.56. The number of nitrogen functional groups attached to an aromatic ring is 1. The number of pyridine rings is 1. The van der Waals surface area contributed by atoms with Crippen molar-refractivity contribution in [2.45, 2.75) is 45.9 Å². The van der Waals surface area contributed by atoms with Gasteiger partial charge in [0.25, 0.3) is 0 Å². The van der Waals surface area contributed by atoms with Crippen LogP contribution in [0.4, 0.5) is 10.2 Å². The van der Waals surface area contributed by atoms with Crippen molar-refractivity contribution in [3.05, 3.63) is 59.7 Å². The van der Waals surface area contributed by atoms with Crippen LogP contribution in [0.15, 0.2) is 42.5 Å². The molecule has 0 atom stereocenters. The molecule has 0 saturated carbocycles. The molecular weight excluding hydrogens is 565 g/mol. The van der Waals surface area contributed by atoms with Crippen LogP contribution in [-0.2, 0) is 38.6 Å². The van der Waals surface area contributed by atoms with Crippen LogP contribution in [0.5, 0.6) is 5.75 Å². The Hall–Kier alpha value is -3.96. The van der Waals surface area contributed by atoms with Crippen LogP contribution in [-0.4, -0.2) is 70.2 Å². The molecule has 2 N–H and O–H groups in total. The number of carbonyl (C=O) groups is 2. The second kappa shape index (κ2) is 14.3. The van der Waals surface area contributed by atoms with Gasteiger partial charge < -0.3 is 29.4 Å². The van der Waals surface area contributed by atoms with Gasteiger partial charge in [0.1, 0.15) is 28.8 Å². The number of nitrogens with two attached hydrogens (primary N) is 1. The Kier molecular flexibility index (Phi) is 10.5. The zero-order chi connectivity index (χ0) is 30.2. The molecule has 0 fully saturated rings. The maximum absolute atomic E-state index is 14.4. The maximum Gasteiger partial charge on any atom is 0.344 e. The van der Waals surface area contributed by atoms with Gasteiger partial charge in [0.05, 0.1) is 23.7 Å². The van der Waals surface area contributed by atoms with E-state index in [0.29, 0.717) is 49.4 Å². The first kappa shape index (κ1) is 31.0. The fourth-order valence-corrected chi connectivity index (χ4v) is 4.95. The number of ether oxygens (including phenoxy) is 3. The summed E-state index contributed by atoms with van der Waals surface area (Å²) in [7, 11) is 1.63. The Bertz CT molecular complexity index is 1560. The zero-order valence-electron chi connectivity index (χ0n) is 23.9. The van der Waals surface area contributed by atoms with Crippen LogP contribution in [0.1, 0.15) is 31.7 Å². The molecule has 0 aliphatic carbocycles. The van der Waals surface area contributed by atoms with Crippen molar-refractivity contribution in [2.24, 2.45) is 0 Å². The normalized spacial score (nSPS) is 11.4. The first-order valence-electron chi connectivity index (χ1n) is 13.7. The number of halogens is 2. The molecule has 4 rings (SSSR count). The molecule has 224 valence electrons. The predicted molar refractivity (Wildman–Crippen MR) is 159 cm³/mol. The van der Waals surface area contributed by atoms with E-state index in [1.54, 1.807) is 31.9 Å². The molecule has 0 aliphatic heterocycles. The lowest BCUT2D eigenvalue weighted by atomic mass is 10.1. The van der Waals surface area contributed by atoms with Gasteiger partial charge in [-0.1, -0.05) is 18.2 Å². The monoisotopic (exact) mass is 599 g/mol. The highest BCUT2D eigenvalue weighted by atomic mass is 35.5. The molecule has 0 bridgehead atoms. The van der Waals surface area contributed by atoms with Crippen LogP contribution in [0, 0.1) is 5.82 Å². The van der Waals surface area contributed by atoms with Crippen LogP contribution >= 0.6 is 11.6 Å². The van der Waals surface area contributed by atoms with Crippen molar-refractivity contribution < 1.29 is 28.2 Å². The highest BCUT2D eigenvalue weighted by Crippen LogP contribution is 2.29. The van der Waals surface area contributed by atoms with Gasteiger partial charge in [0.2, 0.25) is 5.91 Å². The molecule has 42 heavy (non-hydrogen) atoms. The molecule has 12 heteroatoms. The van der Waals surface area contributed by atoms with Crippen molar-refractivity contribution in [1.82, 2.24) is 19.4 Å². The number of carbonyl (C=O) groups excluding carboxylic acids is 2. The molecular formula is C30H35ClFN5O5. The van der Waals surface area contributed by atoms with Crippen molar-refractivity contribution in [2.75, 3.05) is 38.5 Å². The number of amides is 1. The highest BCUT2D eigenvalue weighted by molar-refractivity contribution is 6.27. The summed E-state index contributed by atoms with van der Waals surface area (Å²) in [6.07, 6.45) is 0.841. The summed E-state index contributed by atoms with van der Waals surface area (Å²) in [5, 5.41) is 0.927. The molecule has 0 unspecified atom stereocenters. The van der Waals surface area contributed by atoms with Crippen molar-refractivity contribution in [3.8, 4) is 5.75 Å². The number of alkyl halides is 1. The predicted octanol–water partition coefficient (Wildman–Crippen LogP) is 4.48. The number of aryl methyl sites for hydroxylation is 1. The number of methoxy groups -OCH3 is 1. The SMILES string of the molecule is COCCc1nc2c(N)nc3ccccc3c2n1CCCN(Cc1cc(F)cc(OCC(=O)OC(C)C)c1)C(=O)CCl. The standard InChI is InChI=1S/C30H35ClFN5O5/c1-19(2)42-27(39)18-41-22-14-20(13-21(32)15-22)17-36(26(38)16-31)10-6-11-37-25(9-12-40-3)35-28-29(37)23-7-4-5-8-24(23)34-30(28)33/h4-5,7-8,13-15,19H,6,9-12,16-18H2,1-3H3,(H2,33,34). The van der Waals surface area contributed by atoms with Gasteiger partial charge in [-0.05, 0) is 44.0 Å². The average Bonchev–Trinajstić information content (AvgIpc) is 3.32. The van der Waals surface area contributed by atoms with Crippen LogP contribution < -0.4 is 10.5 Å².